The summed E-state index contributed by atoms with van der Waals surface area (Å²) >= 11 is 0. The van der Waals surface area contributed by atoms with Gasteiger partial charge in [-0.05, 0) is 44.9 Å². The maximum absolute atomic E-state index is 12.5. The second kappa shape index (κ2) is 45.5. The maximum Gasteiger partial charge on any atom is 0.249 e. The molecule has 0 aromatic carbocycles. The summed E-state index contributed by atoms with van der Waals surface area (Å²) in [5.74, 6) is -0.505. The van der Waals surface area contributed by atoms with Gasteiger partial charge in [-0.15, -0.1) is 0 Å². The molecule has 0 aliphatic heterocycles. The van der Waals surface area contributed by atoms with Crippen molar-refractivity contribution in [3.8, 4) is 0 Å². The van der Waals surface area contributed by atoms with E-state index in [1.165, 1.54) is 212 Å². The second-order valence-corrected chi connectivity index (χ2v) is 17.0. The van der Waals surface area contributed by atoms with Crippen LogP contribution in [-0.2, 0) is 4.79 Å². The van der Waals surface area contributed by atoms with Gasteiger partial charge in [-0.1, -0.05) is 244 Å². The molecule has 0 bridgehead atoms. The van der Waals surface area contributed by atoms with E-state index in [4.69, 9.17) is 0 Å². The van der Waals surface area contributed by atoms with Crippen LogP contribution in [0.3, 0.4) is 0 Å². The molecule has 0 aliphatic rings. The molecule has 55 heavy (non-hydrogen) atoms. The Balaban J connectivity index is 3.63. The molecule has 326 valence electrons. The van der Waals surface area contributed by atoms with Gasteiger partial charge in [-0.3, -0.25) is 4.79 Å². The average Bonchev–Trinajstić information content (AvgIpc) is 3.19. The van der Waals surface area contributed by atoms with Gasteiger partial charge >= 0.3 is 0 Å². The van der Waals surface area contributed by atoms with E-state index in [0.717, 1.165) is 32.1 Å². The van der Waals surface area contributed by atoms with Crippen LogP contribution < -0.4 is 5.32 Å². The smallest absolute Gasteiger partial charge is 0.249 e. The molecular weight excluding hydrogens is 679 g/mol. The van der Waals surface area contributed by atoms with E-state index >= 15 is 0 Å². The minimum atomic E-state index is -1.10. The van der Waals surface area contributed by atoms with Crippen molar-refractivity contribution < 1.29 is 20.1 Å². The van der Waals surface area contributed by atoms with Crippen molar-refractivity contribution in [1.82, 2.24) is 5.32 Å². The number of allylic oxidation sites excluding steroid dienone is 3. The third-order valence-corrected chi connectivity index (χ3v) is 11.5. The van der Waals surface area contributed by atoms with Crippen LogP contribution in [-0.4, -0.2) is 46.1 Å². The average molecular weight is 776 g/mol. The maximum atomic E-state index is 12.5. The van der Waals surface area contributed by atoms with E-state index in [1.54, 1.807) is 6.08 Å². The number of carbonyl (C=O) groups is 1. The van der Waals surface area contributed by atoms with E-state index in [0.29, 0.717) is 6.42 Å². The van der Waals surface area contributed by atoms with Crippen molar-refractivity contribution in [2.24, 2.45) is 0 Å². The number of unbranched alkanes of at least 4 members (excludes halogenated alkanes) is 35. The molecule has 5 heteroatoms. The zero-order valence-electron chi connectivity index (χ0n) is 37.1. The molecule has 0 rings (SSSR count). The number of hydrogen-bond acceptors (Lipinski definition) is 4. The number of nitrogens with one attached hydrogen (secondary N) is 1. The van der Waals surface area contributed by atoms with Crippen LogP contribution in [0.5, 0.6) is 0 Å². The van der Waals surface area contributed by atoms with Gasteiger partial charge in [0.05, 0.1) is 18.8 Å². The molecule has 3 atom stereocenters. The van der Waals surface area contributed by atoms with Crippen LogP contribution in [0.2, 0.25) is 0 Å². The Morgan fingerprint density at radius 1 is 0.436 bits per heavy atom. The molecule has 0 fully saturated rings. The predicted molar refractivity (Wildman–Crippen MR) is 241 cm³/mol. The lowest BCUT2D eigenvalue weighted by molar-refractivity contribution is -0.131. The molecule has 0 heterocycles. The van der Waals surface area contributed by atoms with Crippen molar-refractivity contribution in [3.05, 3.63) is 24.3 Å². The number of carbonyl (C=O) groups excluding carboxylic acids is 1. The Bertz CT molecular complexity index is 814. The topological polar surface area (TPSA) is 89.8 Å². The monoisotopic (exact) mass is 776 g/mol. The minimum absolute atomic E-state index is 0.363. The van der Waals surface area contributed by atoms with Gasteiger partial charge in [0.25, 0.3) is 0 Å². The summed E-state index contributed by atoms with van der Waals surface area (Å²) < 4.78 is 0. The molecular formula is C50H97NO4. The van der Waals surface area contributed by atoms with Crippen LogP contribution in [0.4, 0.5) is 0 Å². The summed E-state index contributed by atoms with van der Waals surface area (Å²) in [7, 11) is 0. The third kappa shape index (κ3) is 40.8. The number of aliphatic hydroxyl groups excluding tert-OH is 3. The summed E-state index contributed by atoms with van der Waals surface area (Å²) in [5, 5.41) is 33.3. The number of rotatable bonds is 45. The van der Waals surface area contributed by atoms with E-state index in [2.05, 4.69) is 31.3 Å². The summed E-state index contributed by atoms with van der Waals surface area (Å²) in [6, 6.07) is -0.799. The summed E-state index contributed by atoms with van der Waals surface area (Å²) in [5.41, 5.74) is 0. The van der Waals surface area contributed by atoms with Gasteiger partial charge in [0, 0.05) is 0 Å². The van der Waals surface area contributed by atoms with Crippen molar-refractivity contribution >= 4 is 5.91 Å². The van der Waals surface area contributed by atoms with Crippen LogP contribution >= 0.6 is 0 Å². The highest BCUT2D eigenvalue weighted by Gasteiger charge is 2.22. The second-order valence-electron chi connectivity index (χ2n) is 17.0. The van der Waals surface area contributed by atoms with Crippen molar-refractivity contribution in [2.75, 3.05) is 6.61 Å². The molecule has 0 aromatic rings. The third-order valence-electron chi connectivity index (χ3n) is 11.5. The van der Waals surface area contributed by atoms with Gasteiger partial charge in [0.15, 0.2) is 0 Å². The Morgan fingerprint density at radius 3 is 1.05 bits per heavy atom. The van der Waals surface area contributed by atoms with Gasteiger partial charge in [0.2, 0.25) is 5.91 Å². The Morgan fingerprint density at radius 2 is 0.727 bits per heavy atom. The molecule has 1 amide bonds. The van der Waals surface area contributed by atoms with Crippen LogP contribution in [0.15, 0.2) is 24.3 Å². The molecule has 0 aromatic heterocycles. The van der Waals surface area contributed by atoms with Gasteiger partial charge < -0.3 is 20.6 Å². The molecule has 5 nitrogen and oxygen atoms in total. The van der Waals surface area contributed by atoms with E-state index in [-0.39, 0.29) is 6.61 Å². The lowest BCUT2D eigenvalue weighted by atomic mass is 10.0. The first kappa shape index (κ1) is 53.8. The van der Waals surface area contributed by atoms with Crippen LogP contribution in [0.25, 0.3) is 0 Å². The highest BCUT2D eigenvalue weighted by Crippen LogP contribution is 2.16. The Kier molecular flexibility index (Phi) is 44.6. The Hall–Kier alpha value is -1.17. The fourth-order valence-electron chi connectivity index (χ4n) is 7.65. The highest BCUT2D eigenvalue weighted by atomic mass is 16.3. The normalized spacial score (nSPS) is 13.6. The fraction of sp³-hybridized carbons (Fsp3) is 0.900. The zero-order chi connectivity index (χ0) is 40.1. The quantitative estimate of drug-likeness (QED) is 0.0366. The number of hydrogen-bond donors (Lipinski definition) is 4. The first-order valence-corrected chi connectivity index (χ1v) is 24.7. The first-order valence-electron chi connectivity index (χ1n) is 24.7. The number of aliphatic hydroxyl groups is 3. The van der Waals surface area contributed by atoms with Crippen molar-refractivity contribution in [3.63, 3.8) is 0 Å². The molecule has 4 N–H and O–H groups in total. The summed E-state index contributed by atoms with van der Waals surface area (Å²) in [6.45, 7) is 4.20. The minimum Gasteiger partial charge on any atom is -0.394 e. The van der Waals surface area contributed by atoms with E-state index in [9.17, 15) is 20.1 Å². The van der Waals surface area contributed by atoms with Crippen LogP contribution in [0, 0.1) is 0 Å². The highest BCUT2D eigenvalue weighted by molar-refractivity contribution is 5.80. The van der Waals surface area contributed by atoms with Gasteiger partial charge in [-0.25, -0.2) is 0 Å². The largest absolute Gasteiger partial charge is 0.394 e. The molecule has 0 aliphatic carbocycles. The van der Waals surface area contributed by atoms with Gasteiger partial charge in [-0.2, -0.15) is 0 Å². The molecule has 0 radical (unpaired) electrons. The number of amides is 1. The standard InChI is InChI=1S/C50H97NO4/c1-3-5-7-9-11-13-15-17-19-21-23-25-27-29-31-33-35-37-39-41-43-45-49(54)50(55)51-47(46-52)48(53)44-42-40-38-36-34-32-30-28-26-24-22-20-18-16-14-12-10-8-6-4-2/h27,29,42,44,47-49,52-54H,3-26,28,30-41,43,45-46H2,1-2H3,(H,51,55)/b29-27-,44-42+. The van der Waals surface area contributed by atoms with Crippen molar-refractivity contribution in [1.29, 1.82) is 0 Å². The molecule has 0 saturated heterocycles. The van der Waals surface area contributed by atoms with E-state index < -0.39 is 24.2 Å². The zero-order valence-corrected chi connectivity index (χ0v) is 37.1. The van der Waals surface area contributed by atoms with Crippen LogP contribution in [0.1, 0.15) is 264 Å². The summed E-state index contributed by atoms with van der Waals surface area (Å²) in [6.07, 6.45) is 56.5. The van der Waals surface area contributed by atoms with Crippen molar-refractivity contribution in [2.45, 2.75) is 283 Å². The van der Waals surface area contributed by atoms with E-state index in [1.807, 2.05) is 6.08 Å². The van der Waals surface area contributed by atoms with Gasteiger partial charge in [0.1, 0.15) is 6.10 Å². The SMILES string of the molecule is CCCCCCCCCCCCC/C=C\CCCCCCCCC(O)C(=O)NC(CO)C(O)/C=C/CCCCCCCCCCCCCCCCCCCC. The summed E-state index contributed by atoms with van der Waals surface area (Å²) in [4.78, 5) is 12.5. The predicted octanol–water partition coefficient (Wildman–Crippen LogP) is 14.6. The molecule has 0 saturated carbocycles. The molecule has 0 spiro atoms. The Labute approximate surface area is 343 Å². The fourth-order valence-corrected chi connectivity index (χ4v) is 7.65. The lowest BCUT2D eigenvalue weighted by Gasteiger charge is -2.21. The lowest BCUT2D eigenvalue weighted by Crippen LogP contribution is -2.48. The first-order chi connectivity index (χ1) is 27.1. The molecule has 3 unspecified atom stereocenters.